The first-order valence-corrected chi connectivity index (χ1v) is 7.37. The summed E-state index contributed by atoms with van der Waals surface area (Å²) in [6, 6.07) is 7.15. The number of rotatable bonds is 3. The summed E-state index contributed by atoms with van der Waals surface area (Å²) in [5.41, 5.74) is 9.44. The predicted octanol–water partition coefficient (Wildman–Crippen LogP) is 2.49. The molecule has 3 heteroatoms. The van der Waals surface area contributed by atoms with Gasteiger partial charge < -0.3 is 10.6 Å². The molecule has 19 heavy (non-hydrogen) atoms. The minimum Gasteiger partial charge on any atom is -0.399 e. The van der Waals surface area contributed by atoms with E-state index in [0.29, 0.717) is 6.04 Å². The van der Waals surface area contributed by atoms with Gasteiger partial charge in [0.2, 0.25) is 0 Å². The summed E-state index contributed by atoms with van der Waals surface area (Å²) in [7, 11) is 2.23. The van der Waals surface area contributed by atoms with Crippen molar-refractivity contribution in [1.82, 2.24) is 9.80 Å². The highest BCUT2D eigenvalue weighted by Gasteiger charge is 2.21. The van der Waals surface area contributed by atoms with Gasteiger partial charge in [0.05, 0.1) is 0 Å². The molecule has 1 aliphatic heterocycles. The Balaban J connectivity index is 2.08. The van der Waals surface area contributed by atoms with Gasteiger partial charge in [0, 0.05) is 31.4 Å². The SMILES string of the molecule is CCC1CN(C)CCCN1Cc1ccc(C)c(N)c1. The molecule has 106 valence electrons. The first kappa shape index (κ1) is 14.4. The van der Waals surface area contributed by atoms with Crippen molar-refractivity contribution < 1.29 is 0 Å². The normalized spacial score (nSPS) is 22.4. The molecule has 1 atom stereocenters. The van der Waals surface area contributed by atoms with Gasteiger partial charge in [-0.1, -0.05) is 19.1 Å². The van der Waals surface area contributed by atoms with Gasteiger partial charge in [-0.15, -0.1) is 0 Å². The Hall–Kier alpha value is -1.06. The summed E-state index contributed by atoms with van der Waals surface area (Å²) in [6.45, 7) is 8.96. The number of aryl methyl sites for hydroxylation is 1. The third-order valence-corrected chi connectivity index (χ3v) is 4.22. The fourth-order valence-electron chi connectivity index (χ4n) is 2.91. The molecule has 1 aromatic carbocycles. The molecule has 0 saturated carbocycles. The smallest absolute Gasteiger partial charge is 0.0346 e. The van der Waals surface area contributed by atoms with Gasteiger partial charge >= 0.3 is 0 Å². The van der Waals surface area contributed by atoms with E-state index < -0.39 is 0 Å². The van der Waals surface area contributed by atoms with Crippen molar-refractivity contribution in [1.29, 1.82) is 0 Å². The maximum Gasteiger partial charge on any atom is 0.0346 e. The molecular formula is C16H27N3. The summed E-state index contributed by atoms with van der Waals surface area (Å²) in [6.07, 6.45) is 2.47. The van der Waals surface area contributed by atoms with Crippen LogP contribution in [0.5, 0.6) is 0 Å². The molecule has 1 aliphatic rings. The van der Waals surface area contributed by atoms with E-state index in [9.17, 15) is 0 Å². The predicted molar refractivity (Wildman–Crippen MR) is 82.2 cm³/mol. The van der Waals surface area contributed by atoms with E-state index >= 15 is 0 Å². The highest BCUT2D eigenvalue weighted by atomic mass is 15.2. The number of benzene rings is 1. The number of nitrogens with two attached hydrogens (primary N) is 1. The fraction of sp³-hybridized carbons (Fsp3) is 0.625. The first-order chi connectivity index (χ1) is 9.10. The summed E-state index contributed by atoms with van der Waals surface area (Å²) in [5.74, 6) is 0. The monoisotopic (exact) mass is 261 g/mol. The van der Waals surface area contributed by atoms with Crippen LogP contribution in [-0.4, -0.2) is 42.5 Å². The lowest BCUT2D eigenvalue weighted by Crippen LogP contribution is -2.39. The van der Waals surface area contributed by atoms with Crippen molar-refractivity contribution in [2.24, 2.45) is 0 Å². The third kappa shape index (κ3) is 3.71. The lowest BCUT2D eigenvalue weighted by atomic mass is 10.1. The zero-order valence-electron chi connectivity index (χ0n) is 12.5. The molecule has 0 radical (unpaired) electrons. The van der Waals surface area contributed by atoms with Crippen LogP contribution in [0.4, 0.5) is 5.69 Å². The van der Waals surface area contributed by atoms with E-state index in [4.69, 9.17) is 5.73 Å². The van der Waals surface area contributed by atoms with E-state index in [2.05, 4.69) is 48.9 Å². The van der Waals surface area contributed by atoms with Crippen LogP contribution in [0.15, 0.2) is 18.2 Å². The summed E-state index contributed by atoms with van der Waals surface area (Å²) < 4.78 is 0. The standard InChI is InChI=1S/C16H27N3/c1-4-15-12-18(3)8-5-9-19(15)11-14-7-6-13(2)16(17)10-14/h6-7,10,15H,4-5,8-9,11-12,17H2,1-3H3. The Morgan fingerprint density at radius 1 is 1.32 bits per heavy atom. The lowest BCUT2D eigenvalue weighted by molar-refractivity contribution is 0.176. The van der Waals surface area contributed by atoms with Crippen LogP contribution >= 0.6 is 0 Å². The van der Waals surface area contributed by atoms with E-state index in [1.54, 1.807) is 0 Å². The Labute approximate surface area is 117 Å². The molecule has 1 aromatic rings. The Bertz CT molecular complexity index is 416. The molecule has 0 bridgehead atoms. The largest absolute Gasteiger partial charge is 0.399 e. The van der Waals surface area contributed by atoms with Gasteiger partial charge in [-0.2, -0.15) is 0 Å². The maximum atomic E-state index is 6.02. The zero-order valence-corrected chi connectivity index (χ0v) is 12.5. The van der Waals surface area contributed by atoms with Crippen molar-refractivity contribution >= 4 is 5.69 Å². The summed E-state index contributed by atoms with van der Waals surface area (Å²) in [5, 5.41) is 0. The van der Waals surface area contributed by atoms with Gasteiger partial charge in [0.25, 0.3) is 0 Å². The van der Waals surface area contributed by atoms with Crippen LogP contribution in [0.1, 0.15) is 30.9 Å². The van der Waals surface area contributed by atoms with Crippen LogP contribution in [0.25, 0.3) is 0 Å². The Morgan fingerprint density at radius 3 is 2.79 bits per heavy atom. The number of hydrogen-bond donors (Lipinski definition) is 1. The molecule has 3 nitrogen and oxygen atoms in total. The average Bonchev–Trinajstić information content (AvgIpc) is 2.56. The minimum atomic E-state index is 0.662. The van der Waals surface area contributed by atoms with Crippen molar-refractivity contribution in [2.75, 3.05) is 32.4 Å². The van der Waals surface area contributed by atoms with Crippen molar-refractivity contribution in [3.63, 3.8) is 0 Å². The third-order valence-electron chi connectivity index (χ3n) is 4.22. The number of hydrogen-bond acceptors (Lipinski definition) is 3. The first-order valence-electron chi connectivity index (χ1n) is 7.37. The fourth-order valence-corrected chi connectivity index (χ4v) is 2.91. The molecule has 1 unspecified atom stereocenters. The lowest BCUT2D eigenvalue weighted by Gasteiger charge is -2.30. The van der Waals surface area contributed by atoms with Gasteiger partial charge in [-0.05, 0) is 50.6 Å². The highest BCUT2D eigenvalue weighted by molar-refractivity contribution is 5.48. The van der Waals surface area contributed by atoms with Crippen LogP contribution in [0.3, 0.4) is 0 Å². The van der Waals surface area contributed by atoms with Gasteiger partial charge in [-0.25, -0.2) is 0 Å². The topological polar surface area (TPSA) is 32.5 Å². The van der Waals surface area contributed by atoms with Crippen molar-refractivity contribution in [3.05, 3.63) is 29.3 Å². The molecule has 1 saturated heterocycles. The van der Waals surface area contributed by atoms with E-state index in [1.165, 1.54) is 43.6 Å². The van der Waals surface area contributed by atoms with E-state index in [1.807, 2.05) is 0 Å². The van der Waals surface area contributed by atoms with Crippen LogP contribution in [-0.2, 0) is 6.54 Å². The Kier molecular flexibility index (Phi) is 4.83. The van der Waals surface area contributed by atoms with Crippen LogP contribution in [0.2, 0.25) is 0 Å². The molecule has 2 N–H and O–H groups in total. The summed E-state index contributed by atoms with van der Waals surface area (Å²) >= 11 is 0. The molecule has 1 heterocycles. The maximum absolute atomic E-state index is 6.02. The molecule has 0 spiro atoms. The van der Waals surface area contributed by atoms with Crippen LogP contribution in [0, 0.1) is 6.92 Å². The second kappa shape index (κ2) is 6.40. The number of anilines is 1. The van der Waals surface area contributed by atoms with Gasteiger partial charge in [0.15, 0.2) is 0 Å². The quantitative estimate of drug-likeness (QED) is 0.849. The zero-order chi connectivity index (χ0) is 13.8. The molecule has 1 fully saturated rings. The average molecular weight is 261 g/mol. The van der Waals surface area contributed by atoms with E-state index in [-0.39, 0.29) is 0 Å². The van der Waals surface area contributed by atoms with Crippen molar-refractivity contribution in [2.45, 2.75) is 39.3 Å². The molecule has 0 aromatic heterocycles. The second-order valence-corrected chi connectivity index (χ2v) is 5.84. The van der Waals surface area contributed by atoms with Crippen LogP contribution < -0.4 is 5.73 Å². The number of nitrogen functional groups attached to an aromatic ring is 1. The summed E-state index contributed by atoms with van der Waals surface area (Å²) in [4.78, 5) is 5.07. The van der Waals surface area contributed by atoms with Gasteiger partial charge in [0.1, 0.15) is 0 Å². The number of likely N-dealkylation sites (N-methyl/N-ethyl adjacent to an activating group) is 1. The van der Waals surface area contributed by atoms with Gasteiger partial charge in [-0.3, -0.25) is 4.90 Å². The number of nitrogens with zero attached hydrogens (tertiary/aromatic N) is 2. The van der Waals surface area contributed by atoms with Crippen molar-refractivity contribution in [3.8, 4) is 0 Å². The van der Waals surface area contributed by atoms with E-state index in [0.717, 1.165) is 12.2 Å². The molecule has 2 rings (SSSR count). The second-order valence-electron chi connectivity index (χ2n) is 5.84. The molecule has 0 aliphatic carbocycles. The molecular weight excluding hydrogens is 234 g/mol. The minimum absolute atomic E-state index is 0.662. The Morgan fingerprint density at radius 2 is 2.11 bits per heavy atom. The highest BCUT2D eigenvalue weighted by Crippen LogP contribution is 2.18. The molecule has 0 amide bonds.